The summed E-state index contributed by atoms with van der Waals surface area (Å²) in [5, 5.41) is 12.2. The van der Waals surface area contributed by atoms with E-state index < -0.39 is 23.9 Å². The first kappa shape index (κ1) is 16.8. The lowest BCUT2D eigenvalue weighted by molar-refractivity contribution is -0.146. The van der Waals surface area contributed by atoms with Crippen molar-refractivity contribution < 1.29 is 27.5 Å². The van der Waals surface area contributed by atoms with Crippen LogP contribution in [0.4, 0.5) is 18.9 Å². The summed E-state index contributed by atoms with van der Waals surface area (Å²) in [6.45, 7) is 0. The highest BCUT2D eigenvalue weighted by Crippen LogP contribution is 2.29. The summed E-state index contributed by atoms with van der Waals surface area (Å²) >= 11 is 0.665. The molecule has 0 saturated heterocycles. The van der Waals surface area contributed by atoms with Gasteiger partial charge in [0.25, 0.3) is 11.7 Å². The second-order valence-electron chi connectivity index (χ2n) is 4.65. The predicted octanol–water partition coefficient (Wildman–Crippen LogP) is 2.24. The number of hydrogen-bond donors (Lipinski definition) is 1. The molecule has 2 heterocycles. The highest BCUT2D eigenvalue weighted by atomic mass is 32.1. The summed E-state index contributed by atoms with van der Waals surface area (Å²) in [6, 6.07) is 5.76. The van der Waals surface area contributed by atoms with Crippen LogP contribution in [0, 0.1) is 0 Å². The first-order valence-corrected chi connectivity index (χ1v) is 7.40. The summed E-state index contributed by atoms with van der Waals surface area (Å²) in [5.41, 5.74) is 0.619. The quantitative estimate of drug-likeness (QED) is 0.709. The number of carbonyl (C=O) groups excluding carboxylic acids is 2. The summed E-state index contributed by atoms with van der Waals surface area (Å²) in [5.74, 6) is -2.55. The fourth-order valence-corrected chi connectivity index (χ4v) is 2.61. The van der Waals surface area contributed by atoms with Crippen molar-refractivity contribution in [3.05, 3.63) is 40.7 Å². The smallest absolute Gasteiger partial charge is 0.453 e. The van der Waals surface area contributed by atoms with E-state index in [1.807, 2.05) is 0 Å². The van der Waals surface area contributed by atoms with Crippen molar-refractivity contribution in [1.29, 1.82) is 0 Å². The van der Waals surface area contributed by atoms with Crippen LogP contribution >= 0.6 is 11.3 Å². The molecule has 0 aliphatic heterocycles. The number of carbonyl (C=O) groups is 2. The van der Waals surface area contributed by atoms with Gasteiger partial charge in [-0.3, -0.25) is 4.79 Å². The Hall–Kier alpha value is -3.02. The number of nitrogens with one attached hydrogen (secondary N) is 1. The van der Waals surface area contributed by atoms with Crippen LogP contribution in [-0.4, -0.2) is 38.8 Å². The molecule has 0 spiro atoms. The van der Waals surface area contributed by atoms with Crippen LogP contribution in [0.2, 0.25) is 0 Å². The minimum Gasteiger partial charge on any atom is -0.465 e. The predicted molar refractivity (Wildman–Crippen MR) is 79.4 cm³/mol. The number of amides is 1. The highest BCUT2D eigenvalue weighted by molar-refractivity contribution is 7.18. The van der Waals surface area contributed by atoms with Gasteiger partial charge >= 0.3 is 12.1 Å². The van der Waals surface area contributed by atoms with Gasteiger partial charge in [0.2, 0.25) is 9.97 Å². The number of halogens is 3. The number of esters is 1. The molecule has 12 heteroatoms. The molecule has 1 aromatic carbocycles. The van der Waals surface area contributed by atoms with Crippen LogP contribution in [-0.2, 0) is 10.9 Å². The SMILES string of the molecule is COC(=O)c1ccc(NC(=O)c2nn3c(C(F)(F)F)nnc3s2)cc1. The molecule has 0 aliphatic rings. The topological polar surface area (TPSA) is 98.5 Å². The third-order valence-electron chi connectivity index (χ3n) is 3.00. The average Bonchev–Trinajstić information content (AvgIpc) is 3.14. The average molecular weight is 371 g/mol. The van der Waals surface area contributed by atoms with Crippen molar-refractivity contribution in [2.24, 2.45) is 0 Å². The van der Waals surface area contributed by atoms with E-state index in [1.165, 1.54) is 31.4 Å². The molecule has 8 nitrogen and oxygen atoms in total. The normalized spacial score (nSPS) is 11.5. The Kier molecular flexibility index (Phi) is 4.12. The third kappa shape index (κ3) is 3.28. The molecular formula is C13H8F3N5O3S. The maximum absolute atomic E-state index is 12.7. The number of benzene rings is 1. The molecule has 1 amide bonds. The molecule has 0 unspecified atom stereocenters. The number of fused-ring (bicyclic) bond motifs is 1. The van der Waals surface area contributed by atoms with Gasteiger partial charge in [-0.1, -0.05) is 11.3 Å². The van der Waals surface area contributed by atoms with Gasteiger partial charge in [0, 0.05) is 5.69 Å². The molecule has 3 rings (SSSR count). The van der Waals surface area contributed by atoms with Crippen LogP contribution in [0.25, 0.3) is 4.96 Å². The molecule has 0 saturated carbocycles. The van der Waals surface area contributed by atoms with E-state index in [9.17, 15) is 22.8 Å². The number of nitrogens with zero attached hydrogens (tertiary/aromatic N) is 4. The zero-order valence-electron chi connectivity index (χ0n) is 12.4. The van der Waals surface area contributed by atoms with Gasteiger partial charge in [-0.25, -0.2) is 4.79 Å². The molecular weight excluding hydrogens is 363 g/mol. The molecule has 0 radical (unpaired) electrons. The largest absolute Gasteiger partial charge is 0.465 e. The molecule has 0 atom stereocenters. The van der Waals surface area contributed by atoms with E-state index in [-0.39, 0.29) is 15.5 Å². The van der Waals surface area contributed by atoms with Crippen molar-refractivity contribution in [2.75, 3.05) is 12.4 Å². The lowest BCUT2D eigenvalue weighted by Gasteiger charge is -2.04. The number of alkyl halides is 3. The van der Waals surface area contributed by atoms with Crippen LogP contribution in [0.15, 0.2) is 24.3 Å². The second kappa shape index (κ2) is 6.12. The van der Waals surface area contributed by atoms with Crippen LogP contribution < -0.4 is 5.32 Å². The van der Waals surface area contributed by atoms with Gasteiger partial charge in [-0.2, -0.15) is 17.7 Å². The Morgan fingerprint density at radius 1 is 1.20 bits per heavy atom. The molecule has 130 valence electrons. The fourth-order valence-electron chi connectivity index (χ4n) is 1.88. The number of ether oxygens (including phenoxy) is 1. The van der Waals surface area contributed by atoms with Crippen LogP contribution in [0.1, 0.15) is 26.0 Å². The number of hydrogen-bond acceptors (Lipinski definition) is 7. The molecule has 25 heavy (non-hydrogen) atoms. The minimum atomic E-state index is -4.73. The van der Waals surface area contributed by atoms with E-state index in [4.69, 9.17) is 0 Å². The van der Waals surface area contributed by atoms with Crippen LogP contribution in [0.5, 0.6) is 0 Å². The van der Waals surface area contributed by atoms with Gasteiger partial charge in [0.1, 0.15) is 0 Å². The summed E-state index contributed by atoms with van der Waals surface area (Å²) in [4.78, 5) is 23.3. The van der Waals surface area contributed by atoms with Gasteiger partial charge in [0.05, 0.1) is 12.7 Å². The van der Waals surface area contributed by atoms with Gasteiger partial charge in [-0.15, -0.1) is 15.3 Å². The number of anilines is 1. The number of aromatic nitrogens is 4. The van der Waals surface area contributed by atoms with Crippen molar-refractivity contribution in [3.63, 3.8) is 0 Å². The molecule has 0 bridgehead atoms. The minimum absolute atomic E-state index is 0.154. The van der Waals surface area contributed by atoms with E-state index in [0.29, 0.717) is 21.5 Å². The molecule has 0 aliphatic carbocycles. The standard InChI is InChI=1S/C13H8F3N5O3S/c1-24-10(23)6-2-4-7(5-3-6)17-8(22)9-20-21-11(13(14,15)16)18-19-12(21)25-9/h2-5H,1H3,(H,17,22). The first-order chi connectivity index (χ1) is 11.8. The monoisotopic (exact) mass is 371 g/mol. The Balaban J connectivity index is 1.80. The van der Waals surface area contributed by atoms with Crippen molar-refractivity contribution in [2.45, 2.75) is 6.18 Å². The first-order valence-electron chi connectivity index (χ1n) is 6.59. The summed E-state index contributed by atoms with van der Waals surface area (Å²) in [6.07, 6.45) is -4.73. The lowest BCUT2D eigenvalue weighted by Crippen LogP contribution is -2.15. The molecule has 0 fully saturated rings. The van der Waals surface area contributed by atoms with E-state index >= 15 is 0 Å². The number of rotatable bonds is 3. The molecule has 1 N–H and O–H groups in total. The summed E-state index contributed by atoms with van der Waals surface area (Å²) < 4.78 is 43.3. The Morgan fingerprint density at radius 2 is 1.88 bits per heavy atom. The van der Waals surface area contributed by atoms with Crippen LogP contribution in [0.3, 0.4) is 0 Å². The van der Waals surface area contributed by atoms with E-state index in [1.54, 1.807) is 0 Å². The zero-order chi connectivity index (χ0) is 18.2. The third-order valence-corrected chi connectivity index (χ3v) is 3.90. The Labute approximate surface area is 141 Å². The van der Waals surface area contributed by atoms with E-state index in [0.717, 1.165) is 0 Å². The van der Waals surface area contributed by atoms with Crippen molar-refractivity contribution in [1.82, 2.24) is 19.8 Å². The van der Waals surface area contributed by atoms with Crippen molar-refractivity contribution >= 4 is 33.9 Å². The number of methoxy groups -OCH3 is 1. The molecule has 2 aromatic heterocycles. The lowest BCUT2D eigenvalue weighted by atomic mass is 10.2. The van der Waals surface area contributed by atoms with E-state index in [2.05, 4.69) is 25.3 Å². The summed E-state index contributed by atoms with van der Waals surface area (Å²) in [7, 11) is 1.24. The Bertz CT molecular complexity index is 948. The second-order valence-corrected chi connectivity index (χ2v) is 5.60. The Morgan fingerprint density at radius 3 is 2.48 bits per heavy atom. The van der Waals surface area contributed by atoms with Gasteiger partial charge < -0.3 is 10.1 Å². The van der Waals surface area contributed by atoms with Crippen molar-refractivity contribution in [3.8, 4) is 0 Å². The highest BCUT2D eigenvalue weighted by Gasteiger charge is 2.38. The maximum Gasteiger partial charge on any atom is 0.453 e. The zero-order valence-corrected chi connectivity index (χ0v) is 13.2. The van der Waals surface area contributed by atoms with Gasteiger partial charge in [0.15, 0.2) is 0 Å². The fraction of sp³-hybridized carbons (Fsp3) is 0.154. The van der Waals surface area contributed by atoms with Gasteiger partial charge in [-0.05, 0) is 24.3 Å². The molecule has 3 aromatic rings. The maximum atomic E-state index is 12.7.